The summed E-state index contributed by atoms with van der Waals surface area (Å²) >= 11 is 0. The van der Waals surface area contributed by atoms with Crippen molar-refractivity contribution in [1.29, 1.82) is 0 Å². The first-order chi connectivity index (χ1) is 10.1. The van der Waals surface area contributed by atoms with E-state index in [1.807, 2.05) is 30.3 Å². The number of carboxylic acids is 1. The molecule has 1 unspecified atom stereocenters. The lowest BCUT2D eigenvalue weighted by atomic mass is 9.98. The molecule has 1 heterocycles. The minimum atomic E-state index is -1.32. The normalized spacial score (nSPS) is 21.3. The summed E-state index contributed by atoms with van der Waals surface area (Å²) in [5, 5.41) is 13.9. The smallest absolute Gasteiger partial charge is 0.331 e. The number of aliphatic carboxylic acids is 1. The molecule has 5 nitrogen and oxygen atoms in total. The van der Waals surface area contributed by atoms with Gasteiger partial charge in [0, 0.05) is 18.6 Å². The molecule has 0 aliphatic carbocycles. The van der Waals surface area contributed by atoms with Gasteiger partial charge >= 0.3 is 5.97 Å². The number of carbonyl (C=O) groups is 2. The highest BCUT2D eigenvalue weighted by atomic mass is 16.5. The zero-order valence-corrected chi connectivity index (χ0v) is 11.3. The van der Waals surface area contributed by atoms with Gasteiger partial charge in [0.25, 0.3) is 5.91 Å². The Morgan fingerprint density at radius 1 is 1.14 bits per heavy atom. The van der Waals surface area contributed by atoms with E-state index < -0.39 is 17.4 Å². The highest BCUT2D eigenvalue weighted by Crippen LogP contribution is 2.21. The van der Waals surface area contributed by atoms with Gasteiger partial charge in [-0.15, -0.1) is 0 Å². The Bertz CT molecular complexity index is 704. The minimum Gasteiger partial charge on any atom is -0.479 e. The van der Waals surface area contributed by atoms with Crippen molar-refractivity contribution < 1.29 is 19.4 Å². The third-order valence-electron chi connectivity index (χ3n) is 3.80. The average molecular weight is 285 g/mol. The fourth-order valence-electron chi connectivity index (χ4n) is 2.51. The van der Waals surface area contributed by atoms with Crippen LogP contribution in [0.25, 0.3) is 10.8 Å². The molecular weight excluding hydrogens is 270 g/mol. The van der Waals surface area contributed by atoms with Gasteiger partial charge in [-0.25, -0.2) is 4.79 Å². The zero-order valence-electron chi connectivity index (χ0n) is 11.3. The fraction of sp³-hybridized carbons (Fsp3) is 0.250. The van der Waals surface area contributed by atoms with Gasteiger partial charge in [0.2, 0.25) is 0 Å². The van der Waals surface area contributed by atoms with E-state index in [0.717, 1.165) is 10.8 Å². The van der Waals surface area contributed by atoms with Gasteiger partial charge in [-0.3, -0.25) is 4.79 Å². The number of hydrogen-bond donors (Lipinski definition) is 2. The summed E-state index contributed by atoms with van der Waals surface area (Å²) in [7, 11) is 0. The SMILES string of the molecule is O=C(NC1(C(=O)O)CCOC1)c1ccc2ccccc2c1. The fourth-order valence-corrected chi connectivity index (χ4v) is 2.51. The van der Waals surface area contributed by atoms with Crippen LogP contribution in [0.2, 0.25) is 0 Å². The Kier molecular flexibility index (Phi) is 3.35. The minimum absolute atomic E-state index is 0.00164. The average Bonchev–Trinajstić information content (AvgIpc) is 2.96. The lowest BCUT2D eigenvalue weighted by molar-refractivity contribution is -0.144. The number of ether oxygens (including phenoxy) is 1. The van der Waals surface area contributed by atoms with Crippen molar-refractivity contribution in [1.82, 2.24) is 5.32 Å². The van der Waals surface area contributed by atoms with Crippen molar-refractivity contribution in [3.8, 4) is 0 Å². The van der Waals surface area contributed by atoms with Crippen molar-refractivity contribution >= 4 is 22.6 Å². The van der Waals surface area contributed by atoms with Crippen LogP contribution in [0.3, 0.4) is 0 Å². The summed E-state index contributed by atoms with van der Waals surface area (Å²) in [4.78, 5) is 23.7. The van der Waals surface area contributed by atoms with Crippen LogP contribution in [0.1, 0.15) is 16.8 Å². The number of carboxylic acid groups (broad SMARTS) is 1. The van der Waals surface area contributed by atoms with Crippen molar-refractivity contribution in [3.63, 3.8) is 0 Å². The number of benzene rings is 2. The lowest BCUT2D eigenvalue weighted by Gasteiger charge is -2.23. The second-order valence-electron chi connectivity index (χ2n) is 5.21. The van der Waals surface area contributed by atoms with E-state index in [4.69, 9.17) is 4.74 Å². The zero-order chi connectivity index (χ0) is 14.9. The summed E-state index contributed by atoms with van der Waals surface area (Å²) in [5.41, 5.74) is -0.871. The van der Waals surface area contributed by atoms with Crippen molar-refractivity contribution in [2.75, 3.05) is 13.2 Å². The quantitative estimate of drug-likeness (QED) is 0.902. The van der Waals surface area contributed by atoms with Crippen LogP contribution >= 0.6 is 0 Å². The maximum absolute atomic E-state index is 12.3. The molecule has 2 N–H and O–H groups in total. The van der Waals surface area contributed by atoms with E-state index >= 15 is 0 Å². The second-order valence-corrected chi connectivity index (χ2v) is 5.21. The van der Waals surface area contributed by atoms with Crippen LogP contribution in [0.15, 0.2) is 42.5 Å². The first-order valence-electron chi connectivity index (χ1n) is 6.73. The topological polar surface area (TPSA) is 75.6 Å². The highest BCUT2D eigenvalue weighted by molar-refractivity contribution is 6.01. The maximum atomic E-state index is 12.3. The van der Waals surface area contributed by atoms with E-state index in [1.54, 1.807) is 12.1 Å². The Morgan fingerprint density at radius 2 is 1.90 bits per heavy atom. The van der Waals surface area contributed by atoms with Crippen LogP contribution < -0.4 is 5.32 Å². The molecule has 0 saturated carbocycles. The van der Waals surface area contributed by atoms with Crippen LogP contribution in [0.4, 0.5) is 0 Å². The molecule has 1 fully saturated rings. The van der Waals surface area contributed by atoms with E-state index in [0.29, 0.717) is 12.2 Å². The lowest BCUT2D eigenvalue weighted by Crippen LogP contribution is -2.55. The van der Waals surface area contributed by atoms with Gasteiger partial charge in [-0.05, 0) is 22.9 Å². The van der Waals surface area contributed by atoms with E-state index in [-0.39, 0.29) is 13.0 Å². The van der Waals surface area contributed by atoms with Crippen molar-refractivity contribution in [2.45, 2.75) is 12.0 Å². The van der Waals surface area contributed by atoms with Crippen LogP contribution in [-0.4, -0.2) is 35.7 Å². The van der Waals surface area contributed by atoms with Crippen molar-refractivity contribution in [3.05, 3.63) is 48.0 Å². The Hall–Kier alpha value is -2.40. The van der Waals surface area contributed by atoms with Crippen LogP contribution in [0, 0.1) is 0 Å². The van der Waals surface area contributed by atoms with Crippen LogP contribution in [-0.2, 0) is 9.53 Å². The number of carbonyl (C=O) groups excluding carboxylic acids is 1. The Balaban J connectivity index is 1.88. The van der Waals surface area contributed by atoms with Gasteiger partial charge in [0.05, 0.1) is 6.61 Å². The monoisotopic (exact) mass is 285 g/mol. The molecule has 1 saturated heterocycles. The number of fused-ring (bicyclic) bond motifs is 1. The molecule has 0 radical (unpaired) electrons. The molecule has 5 heteroatoms. The van der Waals surface area contributed by atoms with Gasteiger partial charge in [-0.1, -0.05) is 30.3 Å². The van der Waals surface area contributed by atoms with Gasteiger partial charge in [-0.2, -0.15) is 0 Å². The summed E-state index contributed by atoms with van der Waals surface area (Å²) in [6.45, 7) is 0.339. The van der Waals surface area contributed by atoms with Crippen LogP contribution in [0.5, 0.6) is 0 Å². The Morgan fingerprint density at radius 3 is 2.57 bits per heavy atom. The largest absolute Gasteiger partial charge is 0.479 e. The van der Waals surface area contributed by atoms with Gasteiger partial charge in [0.1, 0.15) is 0 Å². The molecule has 0 spiro atoms. The standard InChI is InChI=1S/C16H15NO4/c18-14(17-16(15(19)20)7-8-21-10-16)13-6-5-11-3-1-2-4-12(11)9-13/h1-6,9H,7-8,10H2,(H,17,18)(H,19,20). The molecule has 0 bridgehead atoms. The van der Waals surface area contributed by atoms with E-state index in [1.165, 1.54) is 0 Å². The molecule has 1 atom stereocenters. The van der Waals surface area contributed by atoms with Gasteiger partial charge < -0.3 is 15.2 Å². The summed E-state index contributed by atoms with van der Waals surface area (Å²) < 4.78 is 5.13. The van der Waals surface area contributed by atoms with E-state index in [9.17, 15) is 14.7 Å². The molecular formula is C16H15NO4. The molecule has 3 rings (SSSR count). The molecule has 21 heavy (non-hydrogen) atoms. The number of hydrogen-bond acceptors (Lipinski definition) is 3. The molecule has 2 aromatic carbocycles. The third kappa shape index (κ3) is 2.48. The molecule has 1 amide bonds. The Labute approximate surface area is 121 Å². The summed E-state index contributed by atoms with van der Waals surface area (Å²) in [6, 6.07) is 13.0. The number of rotatable bonds is 3. The second kappa shape index (κ2) is 5.18. The number of nitrogens with one attached hydrogen (secondary N) is 1. The molecule has 1 aliphatic heterocycles. The summed E-state index contributed by atoms with van der Waals surface area (Å²) in [6.07, 6.45) is 0.279. The molecule has 2 aromatic rings. The van der Waals surface area contributed by atoms with Gasteiger partial charge in [0.15, 0.2) is 5.54 Å². The maximum Gasteiger partial charge on any atom is 0.331 e. The highest BCUT2D eigenvalue weighted by Gasteiger charge is 2.44. The summed E-state index contributed by atoms with van der Waals surface area (Å²) in [5.74, 6) is -1.46. The molecule has 108 valence electrons. The predicted molar refractivity (Wildman–Crippen MR) is 77.2 cm³/mol. The first-order valence-corrected chi connectivity index (χ1v) is 6.73. The number of amides is 1. The molecule has 1 aliphatic rings. The first kappa shape index (κ1) is 13.6. The van der Waals surface area contributed by atoms with E-state index in [2.05, 4.69) is 5.32 Å². The third-order valence-corrected chi connectivity index (χ3v) is 3.80. The molecule has 0 aromatic heterocycles. The predicted octanol–water partition coefficient (Wildman–Crippen LogP) is 1.81. The van der Waals surface area contributed by atoms with Crippen molar-refractivity contribution in [2.24, 2.45) is 0 Å².